The number of anilines is 1. The van der Waals surface area contributed by atoms with Crippen LogP contribution in [0.1, 0.15) is 46.8 Å². The summed E-state index contributed by atoms with van der Waals surface area (Å²) < 4.78 is 41.8. The quantitative estimate of drug-likeness (QED) is 0.321. The molecule has 0 aromatic heterocycles. The number of benzene rings is 2. The fourth-order valence-electron chi connectivity index (χ4n) is 3.72. The second-order valence-corrected chi connectivity index (χ2v) is 7.77. The van der Waals surface area contributed by atoms with Gasteiger partial charge in [-0.2, -0.15) is 8.78 Å². The van der Waals surface area contributed by atoms with Crippen molar-refractivity contribution >= 4 is 23.5 Å². The van der Waals surface area contributed by atoms with Crippen LogP contribution < -0.4 is 14.8 Å². The first-order valence-corrected chi connectivity index (χ1v) is 10.6. The number of carbonyl (C=O) groups is 3. The number of methoxy groups -OCH3 is 1. The normalized spacial score (nSPS) is 12.9. The van der Waals surface area contributed by atoms with E-state index in [0.29, 0.717) is 34.6 Å². The lowest BCUT2D eigenvalue weighted by atomic mass is 9.93. The minimum absolute atomic E-state index is 0.0351. The number of ether oxygens (including phenoxy) is 3. The van der Waals surface area contributed by atoms with Gasteiger partial charge < -0.3 is 19.5 Å². The molecule has 7 nitrogen and oxygen atoms in total. The zero-order valence-corrected chi connectivity index (χ0v) is 19.1. The van der Waals surface area contributed by atoms with Crippen LogP contribution in [0, 0.1) is 6.92 Å². The zero-order valence-electron chi connectivity index (χ0n) is 19.1. The summed E-state index contributed by atoms with van der Waals surface area (Å²) in [7, 11) is 1.42. The summed E-state index contributed by atoms with van der Waals surface area (Å²) in [6.07, 6.45) is -0.764. The molecule has 0 unspecified atom stereocenters. The molecule has 3 rings (SSSR count). The van der Waals surface area contributed by atoms with E-state index in [1.807, 2.05) is 13.0 Å². The minimum Gasteiger partial charge on any atom is -0.496 e. The third-order valence-corrected chi connectivity index (χ3v) is 5.48. The Morgan fingerprint density at radius 2 is 1.91 bits per heavy atom. The molecule has 0 saturated carbocycles. The van der Waals surface area contributed by atoms with Gasteiger partial charge in [0.1, 0.15) is 18.1 Å². The number of esters is 2. The molecule has 0 aliphatic carbocycles. The van der Waals surface area contributed by atoms with Gasteiger partial charge in [0.2, 0.25) is 0 Å². The van der Waals surface area contributed by atoms with Crippen LogP contribution in [-0.4, -0.2) is 31.4 Å². The van der Waals surface area contributed by atoms with E-state index in [4.69, 9.17) is 14.2 Å². The monoisotopic (exact) mass is 473 g/mol. The van der Waals surface area contributed by atoms with Gasteiger partial charge in [-0.25, -0.2) is 4.79 Å². The van der Waals surface area contributed by atoms with E-state index in [0.717, 1.165) is 5.57 Å². The number of hydrogen-bond acceptors (Lipinski definition) is 6. The molecule has 0 fully saturated rings. The van der Waals surface area contributed by atoms with Crippen molar-refractivity contribution in [3.63, 3.8) is 0 Å². The maximum absolute atomic E-state index is 13.0. The fraction of sp³-hybridized carbons (Fsp3) is 0.320. The molecule has 1 heterocycles. The molecule has 2 aromatic carbocycles. The summed E-state index contributed by atoms with van der Waals surface area (Å²) in [5.41, 5.74) is 2.33. The van der Waals surface area contributed by atoms with Crippen LogP contribution in [-0.2, 0) is 27.4 Å². The highest BCUT2D eigenvalue weighted by molar-refractivity contribution is 6.06. The van der Waals surface area contributed by atoms with Crippen LogP contribution in [0.25, 0.3) is 0 Å². The molecule has 0 saturated heterocycles. The number of amides is 1. The number of fused-ring (bicyclic) bond motifs is 1. The van der Waals surface area contributed by atoms with Crippen molar-refractivity contribution in [1.29, 1.82) is 0 Å². The highest BCUT2D eigenvalue weighted by atomic mass is 19.3. The Bertz CT molecular complexity index is 1130. The van der Waals surface area contributed by atoms with Crippen molar-refractivity contribution in [2.45, 2.75) is 46.1 Å². The Morgan fingerprint density at radius 1 is 1.21 bits per heavy atom. The van der Waals surface area contributed by atoms with Crippen molar-refractivity contribution in [3.8, 4) is 11.5 Å². The van der Waals surface area contributed by atoms with E-state index < -0.39 is 24.3 Å². The number of nitrogens with one attached hydrogen (secondary N) is 1. The number of carbonyl (C=O) groups excluding carboxylic acids is 3. The molecular weight excluding hydrogens is 448 g/mol. The van der Waals surface area contributed by atoms with E-state index in [1.165, 1.54) is 7.11 Å². The summed E-state index contributed by atoms with van der Waals surface area (Å²) >= 11 is 0. The summed E-state index contributed by atoms with van der Waals surface area (Å²) in [5, 5.41) is 2.17. The minimum atomic E-state index is -3.26. The average molecular weight is 473 g/mol. The fourth-order valence-corrected chi connectivity index (χ4v) is 3.72. The van der Waals surface area contributed by atoms with Gasteiger partial charge in [-0.15, -0.1) is 0 Å². The average Bonchev–Trinajstić information content (AvgIpc) is 3.20. The highest BCUT2D eigenvalue weighted by Gasteiger charge is 2.33. The third-order valence-electron chi connectivity index (χ3n) is 5.48. The lowest BCUT2D eigenvalue weighted by Gasteiger charge is -2.19. The molecule has 1 aliphatic heterocycles. The number of rotatable bonds is 9. The molecule has 9 heteroatoms. The lowest BCUT2D eigenvalue weighted by molar-refractivity contribution is -0.134. The number of para-hydroxylation sites is 1. The predicted octanol–water partition coefficient (Wildman–Crippen LogP) is 4.75. The smallest absolute Gasteiger partial charge is 0.341 e. The SMILES string of the molecule is COc1c(C)c2c(c(NC(=O)C(F)F)c1CC=C(C)CCC(=O)Oc1ccccc1)C(=O)OC2. The van der Waals surface area contributed by atoms with Crippen LogP contribution in [0.15, 0.2) is 42.0 Å². The predicted molar refractivity (Wildman–Crippen MR) is 120 cm³/mol. The van der Waals surface area contributed by atoms with Crippen LogP contribution in [0.2, 0.25) is 0 Å². The van der Waals surface area contributed by atoms with Crippen LogP contribution in [0.5, 0.6) is 11.5 Å². The van der Waals surface area contributed by atoms with Crippen molar-refractivity contribution in [1.82, 2.24) is 0 Å². The Kier molecular flexibility index (Phi) is 7.99. The Morgan fingerprint density at radius 3 is 2.56 bits per heavy atom. The molecule has 1 amide bonds. The van der Waals surface area contributed by atoms with Gasteiger partial charge in [-0.05, 0) is 44.4 Å². The summed E-state index contributed by atoms with van der Waals surface area (Å²) in [4.78, 5) is 36.2. The molecule has 0 atom stereocenters. The molecule has 2 aromatic rings. The van der Waals surface area contributed by atoms with Gasteiger partial charge in [0.05, 0.1) is 18.4 Å². The summed E-state index contributed by atoms with van der Waals surface area (Å²) in [5.74, 6) is -1.79. The molecule has 0 bridgehead atoms. The largest absolute Gasteiger partial charge is 0.496 e. The third kappa shape index (κ3) is 5.59. The standard InChI is InChI=1S/C25H25F2NO6/c1-14(10-12-19(29)34-16-7-5-4-6-8-16)9-11-17-21(28-24(30)23(26)27)20-18(13-33-25(20)31)15(2)22(17)32-3/h4-9,23H,10-13H2,1-3H3,(H,28,30). The molecular formula is C25H25F2NO6. The number of cyclic esters (lactones) is 1. The first-order valence-electron chi connectivity index (χ1n) is 10.6. The van der Waals surface area contributed by atoms with E-state index >= 15 is 0 Å². The van der Waals surface area contributed by atoms with Gasteiger partial charge in [0.25, 0.3) is 5.91 Å². The number of hydrogen-bond donors (Lipinski definition) is 1. The second kappa shape index (κ2) is 10.9. The maximum Gasteiger partial charge on any atom is 0.341 e. The van der Waals surface area contributed by atoms with Crippen molar-refractivity contribution in [2.75, 3.05) is 12.4 Å². The van der Waals surface area contributed by atoms with Gasteiger partial charge >= 0.3 is 18.4 Å². The molecule has 1 N–H and O–H groups in total. The molecule has 180 valence electrons. The zero-order chi connectivity index (χ0) is 24.8. The Labute approximate surface area is 195 Å². The first-order chi connectivity index (χ1) is 16.2. The van der Waals surface area contributed by atoms with Gasteiger partial charge in [0, 0.05) is 17.5 Å². The van der Waals surface area contributed by atoms with E-state index in [2.05, 4.69) is 5.32 Å². The van der Waals surface area contributed by atoms with Gasteiger partial charge in [-0.1, -0.05) is 29.8 Å². The molecule has 0 spiro atoms. The number of halogens is 2. The van der Waals surface area contributed by atoms with E-state index in [9.17, 15) is 23.2 Å². The maximum atomic E-state index is 13.0. The van der Waals surface area contributed by atoms with Crippen LogP contribution >= 0.6 is 0 Å². The Balaban J connectivity index is 1.83. The Hall–Kier alpha value is -3.75. The topological polar surface area (TPSA) is 90.9 Å². The summed E-state index contributed by atoms with van der Waals surface area (Å²) in [6.45, 7) is 3.51. The van der Waals surface area contributed by atoms with Crippen molar-refractivity contribution < 1.29 is 37.4 Å². The van der Waals surface area contributed by atoms with Gasteiger partial charge in [0.15, 0.2) is 0 Å². The van der Waals surface area contributed by atoms with Gasteiger partial charge in [-0.3, -0.25) is 9.59 Å². The highest BCUT2D eigenvalue weighted by Crippen LogP contribution is 2.41. The first kappa shape index (κ1) is 24.9. The lowest BCUT2D eigenvalue weighted by Crippen LogP contribution is -2.23. The molecule has 0 radical (unpaired) electrons. The van der Waals surface area contributed by atoms with E-state index in [1.54, 1.807) is 37.3 Å². The van der Waals surface area contributed by atoms with Crippen LogP contribution in [0.3, 0.4) is 0 Å². The van der Waals surface area contributed by atoms with Crippen molar-refractivity contribution in [2.24, 2.45) is 0 Å². The second-order valence-electron chi connectivity index (χ2n) is 7.77. The number of alkyl halides is 2. The van der Waals surface area contributed by atoms with Crippen molar-refractivity contribution in [3.05, 3.63) is 64.2 Å². The summed E-state index contributed by atoms with van der Waals surface area (Å²) in [6, 6.07) is 8.71. The number of allylic oxidation sites excluding steroid dienone is 2. The molecule has 1 aliphatic rings. The van der Waals surface area contributed by atoms with Crippen LogP contribution in [0.4, 0.5) is 14.5 Å². The van der Waals surface area contributed by atoms with E-state index in [-0.39, 0.29) is 30.7 Å². The molecule has 34 heavy (non-hydrogen) atoms.